The van der Waals surface area contributed by atoms with Crippen LogP contribution in [0.2, 0.25) is 0 Å². The van der Waals surface area contributed by atoms with Crippen LogP contribution >= 0.6 is 0 Å². The van der Waals surface area contributed by atoms with Gasteiger partial charge in [-0.1, -0.05) is 0 Å². The maximum atomic E-state index is 12.1. The SMILES string of the molecule is COc1ccc(OCCN(CC(=O)NCc2ccncc2)C(C)=O)cc1. The van der Waals surface area contributed by atoms with Crippen LogP contribution < -0.4 is 14.8 Å². The Labute approximate surface area is 152 Å². The van der Waals surface area contributed by atoms with E-state index in [1.807, 2.05) is 12.1 Å². The summed E-state index contributed by atoms with van der Waals surface area (Å²) in [5, 5.41) is 2.79. The Morgan fingerprint density at radius 1 is 1.08 bits per heavy atom. The van der Waals surface area contributed by atoms with E-state index in [4.69, 9.17) is 9.47 Å². The van der Waals surface area contributed by atoms with Crippen molar-refractivity contribution in [3.8, 4) is 11.5 Å². The number of hydrogen-bond donors (Lipinski definition) is 1. The van der Waals surface area contributed by atoms with Gasteiger partial charge in [0.15, 0.2) is 0 Å². The van der Waals surface area contributed by atoms with Crippen molar-refractivity contribution in [3.63, 3.8) is 0 Å². The number of aromatic nitrogens is 1. The number of hydrogen-bond acceptors (Lipinski definition) is 5. The molecule has 1 heterocycles. The number of amides is 2. The molecule has 138 valence electrons. The molecule has 1 aromatic heterocycles. The minimum Gasteiger partial charge on any atom is -0.497 e. The fourth-order valence-electron chi connectivity index (χ4n) is 2.22. The van der Waals surface area contributed by atoms with Crippen molar-refractivity contribution in [2.75, 3.05) is 26.8 Å². The van der Waals surface area contributed by atoms with E-state index < -0.39 is 0 Å². The fourth-order valence-corrected chi connectivity index (χ4v) is 2.22. The summed E-state index contributed by atoms with van der Waals surface area (Å²) < 4.78 is 10.7. The molecule has 0 saturated heterocycles. The van der Waals surface area contributed by atoms with Crippen molar-refractivity contribution >= 4 is 11.8 Å². The fraction of sp³-hybridized carbons (Fsp3) is 0.316. The Kier molecular flexibility index (Phi) is 7.42. The quantitative estimate of drug-likeness (QED) is 0.738. The number of pyridine rings is 1. The summed E-state index contributed by atoms with van der Waals surface area (Å²) >= 11 is 0. The molecule has 26 heavy (non-hydrogen) atoms. The standard InChI is InChI=1S/C19H23N3O4/c1-15(23)22(11-12-26-18-5-3-17(25-2)4-6-18)14-19(24)21-13-16-7-9-20-10-8-16/h3-10H,11-14H2,1-2H3,(H,21,24). The molecule has 2 aromatic rings. The van der Waals surface area contributed by atoms with Gasteiger partial charge in [0.2, 0.25) is 11.8 Å². The van der Waals surface area contributed by atoms with Gasteiger partial charge in [-0.05, 0) is 42.0 Å². The van der Waals surface area contributed by atoms with E-state index in [1.165, 1.54) is 11.8 Å². The molecule has 7 nitrogen and oxygen atoms in total. The molecular weight excluding hydrogens is 334 g/mol. The lowest BCUT2D eigenvalue weighted by Gasteiger charge is -2.20. The molecule has 0 unspecified atom stereocenters. The number of nitrogens with zero attached hydrogens (tertiary/aromatic N) is 2. The molecule has 0 atom stereocenters. The first-order valence-corrected chi connectivity index (χ1v) is 8.26. The van der Waals surface area contributed by atoms with E-state index in [2.05, 4.69) is 10.3 Å². The molecular formula is C19H23N3O4. The summed E-state index contributed by atoms with van der Waals surface area (Å²) in [7, 11) is 1.60. The molecule has 0 bridgehead atoms. The van der Waals surface area contributed by atoms with E-state index >= 15 is 0 Å². The van der Waals surface area contributed by atoms with E-state index in [0.717, 1.165) is 11.3 Å². The van der Waals surface area contributed by atoms with Crippen molar-refractivity contribution in [3.05, 3.63) is 54.4 Å². The Morgan fingerprint density at radius 3 is 2.35 bits per heavy atom. The zero-order valence-corrected chi connectivity index (χ0v) is 15.0. The van der Waals surface area contributed by atoms with Gasteiger partial charge in [0.25, 0.3) is 0 Å². The first kappa shape index (κ1) is 19.2. The van der Waals surface area contributed by atoms with Gasteiger partial charge in [-0.15, -0.1) is 0 Å². The molecule has 0 aliphatic rings. The van der Waals surface area contributed by atoms with Crippen LogP contribution in [0.5, 0.6) is 11.5 Å². The monoisotopic (exact) mass is 357 g/mol. The molecule has 2 amide bonds. The minimum atomic E-state index is -0.221. The van der Waals surface area contributed by atoms with E-state index in [9.17, 15) is 9.59 Å². The van der Waals surface area contributed by atoms with Crippen LogP contribution in [-0.2, 0) is 16.1 Å². The molecule has 0 aliphatic heterocycles. The Bertz CT molecular complexity index is 704. The molecule has 0 spiro atoms. The first-order chi connectivity index (χ1) is 12.6. The van der Waals surface area contributed by atoms with Gasteiger partial charge in [-0.25, -0.2) is 0 Å². The summed E-state index contributed by atoms with van der Waals surface area (Å²) in [6.45, 7) is 2.44. The summed E-state index contributed by atoms with van der Waals surface area (Å²) in [6, 6.07) is 10.8. The number of ether oxygens (including phenoxy) is 2. The molecule has 1 aromatic carbocycles. The third-order valence-corrected chi connectivity index (χ3v) is 3.71. The maximum Gasteiger partial charge on any atom is 0.239 e. The Morgan fingerprint density at radius 2 is 1.73 bits per heavy atom. The predicted octanol–water partition coefficient (Wildman–Crippen LogP) is 1.63. The van der Waals surface area contributed by atoms with Gasteiger partial charge in [0, 0.05) is 25.9 Å². The van der Waals surface area contributed by atoms with Crippen molar-refractivity contribution in [2.24, 2.45) is 0 Å². The van der Waals surface area contributed by atoms with Gasteiger partial charge in [-0.2, -0.15) is 0 Å². The second-order valence-corrected chi connectivity index (χ2v) is 5.60. The van der Waals surface area contributed by atoms with Gasteiger partial charge in [-0.3, -0.25) is 14.6 Å². The number of nitrogens with one attached hydrogen (secondary N) is 1. The van der Waals surface area contributed by atoms with Gasteiger partial charge >= 0.3 is 0 Å². The number of carbonyl (C=O) groups is 2. The highest BCUT2D eigenvalue weighted by Gasteiger charge is 2.13. The number of benzene rings is 1. The highest BCUT2D eigenvalue weighted by atomic mass is 16.5. The number of methoxy groups -OCH3 is 1. The molecule has 2 rings (SSSR count). The van der Waals surface area contributed by atoms with Crippen LogP contribution in [0.25, 0.3) is 0 Å². The van der Waals surface area contributed by atoms with Crippen LogP contribution in [-0.4, -0.2) is 48.5 Å². The lowest BCUT2D eigenvalue weighted by Crippen LogP contribution is -2.41. The van der Waals surface area contributed by atoms with Crippen LogP contribution in [0.1, 0.15) is 12.5 Å². The van der Waals surface area contributed by atoms with Gasteiger partial charge in [0.05, 0.1) is 20.2 Å². The smallest absolute Gasteiger partial charge is 0.239 e. The van der Waals surface area contributed by atoms with Crippen LogP contribution in [0.3, 0.4) is 0 Å². The molecule has 0 aliphatic carbocycles. The van der Waals surface area contributed by atoms with Gasteiger partial charge < -0.3 is 19.7 Å². The largest absolute Gasteiger partial charge is 0.497 e. The van der Waals surface area contributed by atoms with Crippen LogP contribution in [0.4, 0.5) is 0 Å². The molecule has 0 radical (unpaired) electrons. The summed E-state index contributed by atoms with van der Waals surface area (Å²) in [4.78, 5) is 29.2. The Balaban J connectivity index is 1.76. The van der Waals surface area contributed by atoms with Crippen molar-refractivity contribution in [1.82, 2.24) is 15.2 Å². The zero-order valence-electron chi connectivity index (χ0n) is 15.0. The second-order valence-electron chi connectivity index (χ2n) is 5.60. The van der Waals surface area contributed by atoms with E-state index in [0.29, 0.717) is 25.4 Å². The molecule has 0 saturated carbocycles. The molecule has 1 N–H and O–H groups in total. The van der Waals surface area contributed by atoms with E-state index in [1.54, 1.807) is 43.8 Å². The summed E-state index contributed by atoms with van der Waals surface area (Å²) in [5.74, 6) is 1.02. The van der Waals surface area contributed by atoms with Crippen molar-refractivity contribution in [1.29, 1.82) is 0 Å². The van der Waals surface area contributed by atoms with Crippen molar-refractivity contribution in [2.45, 2.75) is 13.5 Å². The first-order valence-electron chi connectivity index (χ1n) is 8.26. The highest BCUT2D eigenvalue weighted by Crippen LogP contribution is 2.16. The third kappa shape index (κ3) is 6.43. The molecule has 0 fully saturated rings. The lowest BCUT2D eigenvalue weighted by atomic mass is 10.3. The topological polar surface area (TPSA) is 80.8 Å². The number of rotatable bonds is 9. The highest BCUT2D eigenvalue weighted by molar-refractivity contribution is 5.83. The van der Waals surface area contributed by atoms with E-state index in [-0.39, 0.29) is 18.4 Å². The summed E-state index contributed by atoms with van der Waals surface area (Å²) in [5.41, 5.74) is 0.950. The minimum absolute atomic E-state index is 0.00755. The van der Waals surface area contributed by atoms with Crippen molar-refractivity contribution < 1.29 is 19.1 Å². The maximum absolute atomic E-state index is 12.1. The normalized spacial score (nSPS) is 10.1. The van der Waals surface area contributed by atoms with Crippen LogP contribution in [0, 0.1) is 0 Å². The summed E-state index contributed by atoms with van der Waals surface area (Å²) in [6.07, 6.45) is 3.33. The molecule has 7 heteroatoms. The average molecular weight is 357 g/mol. The Hall–Kier alpha value is -3.09. The lowest BCUT2D eigenvalue weighted by molar-refractivity contribution is -0.134. The van der Waals surface area contributed by atoms with Crippen LogP contribution in [0.15, 0.2) is 48.8 Å². The zero-order chi connectivity index (χ0) is 18.8. The second kappa shape index (κ2) is 10.0. The third-order valence-electron chi connectivity index (χ3n) is 3.71. The number of carbonyl (C=O) groups excluding carboxylic acids is 2. The average Bonchev–Trinajstić information content (AvgIpc) is 2.67. The van der Waals surface area contributed by atoms with Gasteiger partial charge in [0.1, 0.15) is 18.1 Å². The predicted molar refractivity (Wildman–Crippen MR) is 96.8 cm³/mol.